The minimum absolute atomic E-state index is 0.152. The van der Waals surface area contributed by atoms with Gasteiger partial charge in [-0.25, -0.2) is 14.4 Å². The Kier molecular flexibility index (Phi) is 6.13. The number of nitrogens with zero attached hydrogens (tertiary/aromatic N) is 3. The van der Waals surface area contributed by atoms with E-state index >= 15 is 0 Å². The molecule has 0 bridgehead atoms. The number of ether oxygens (including phenoxy) is 1. The van der Waals surface area contributed by atoms with Crippen molar-refractivity contribution < 1.29 is 28.9 Å². The summed E-state index contributed by atoms with van der Waals surface area (Å²) in [5.74, 6) is -2.00. The lowest BCUT2D eigenvalue weighted by molar-refractivity contribution is -0.143. The zero-order chi connectivity index (χ0) is 22.7. The molecule has 166 valence electrons. The highest BCUT2D eigenvalue weighted by atomic mass is 19.1. The minimum Gasteiger partial charge on any atom is -0.492 e. The Hall–Kier alpha value is -3.79. The highest BCUT2D eigenvalue weighted by molar-refractivity contribution is 5.98. The van der Waals surface area contributed by atoms with Crippen LogP contribution in [0.15, 0.2) is 48.5 Å². The molecule has 1 atom stereocenters. The summed E-state index contributed by atoms with van der Waals surface area (Å²) in [6.45, 7) is 0.636. The Bertz CT molecular complexity index is 1130. The number of aliphatic hydroxyl groups is 1. The minimum atomic E-state index is -1.80. The summed E-state index contributed by atoms with van der Waals surface area (Å²) in [5, 5.41) is 22.4. The molecule has 3 aromatic rings. The van der Waals surface area contributed by atoms with E-state index < -0.39 is 23.9 Å². The number of para-hydroxylation sites is 2. The first-order valence-electron chi connectivity index (χ1n) is 10.1. The van der Waals surface area contributed by atoms with Crippen molar-refractivity contribution in [2.45, 2.75) is 25.2 Å². The van der Waals surface area contributed by atoms with Gasteiger partial charge in [0.2, 0.25) is 12.1 Å². The van der Waals surface area contributed by atoms with Crippen molar-refractivity contribution in [1.82, 2.24) is 20.2 Å². The van der Waals surface area contributed by atoms with Crippen LogP contribution in [0.5, 0.6) is 11.6 Å². The molecule has 1 fully saturated rings. The third-order valence-electron chi connectivity index (χ3n) is 5.14. The van der Waals surface area contributed by atoms with Gasteiger partial charge < -0.3 is 25.2 Å². The first-order chi connectivity index (χ1) is 15.4. The van der Waals surface area contributed by atoms with Crippen molar-refractivity contribution in [2.75, 3.05) is 13.1 Å². The fraction of sp³-hybridized carbons (Fsp3) is 0.273. The van der Waals surface area contributed by atoms with Gasteiger partial charge in [-0.05, 0) is 36.4 Å². The van der Waals surface area contributed by atoms with Crippen LogP contribution in [-0.2, 0) is 4.79 Å². The van der Waals surface area contributed by atoms with E-state index in [-0.39, 0.29) is 17.6 Å². The number of benzene rings is 2. The Morgan fingerprint density at radius 2 is 1.69 bits per heavy atom. The van der Waals surface area contributed by atoms with Crippen molar-refractivity contribution in [3.05, 3.63) is 60.0 Å². The van der Waals surface area contributed by atoms with Crippen molar-refractivity contribution >= 4 is 22.8 Å². The Balaban J connectivity index is 1.32. The van der Waals surface area contributed by atoms with Gasteiger partial charge >= 0.3 is 0 Å². The van der Waals surface area contributed by atoms with Gasteiger partial charge in [0.15, 0.2) is 5.69 Å². The van der Waals surface area contributed by atoms with Crippen LogP contribution in [0.3, 0.4) is 0 Å². The van der Waals surface area contributed by atoms with Crippen LogP contribution in [0.2, 0.25) is 0 Å². The van der Waals surface area contributed by atoms with E-state index in [4.69, 9.17) is 4.74 Å². The molecule has 1 aliphatic heterocycles. The third kappa shape index (κ3) is 4.75. The summed E-state index contributed by atoms with van der Waals surface area (Å²) in [6, 6.07) is 12.4. The van der Waals surface area contributed by atoms with E-state index in [1.165, 1.54) is 29.2 Å². The van der Waals surface area contributed by atoms with Gasteiger partial charge in [0.05, 0.1) is 11.0 Å². The first kappa shape index (κ1) is 21.4. The quantitative estimate of drug-likeness (QED) is 0.515. The number of aliphatic hydroxyl groups excluding tert-OH is 1. The highest BCUT2D eigenvalue weighted by Crippen LogP contribution is 2.20. The zero-order valence-corrected chi connectivity index (χ0v) is 16.9. The van der Waals surface area contributed by atoms with E-state index in [1.807, 2.05) is 0 Å². The Morgan fingerprint density at radius 3 is 2.34 bits per heavy atom. The zero-order valence-electron chi connectivity index (χ0n) is 16.9. The van der Waals surface area contributed by atoms with Gasteiger partial charge in [0.1, 0.15) is 17.7 Å². The van der Waals surface area contributed by atoms with Gasteiger partial charge in [-0.3, -0.25) is 9.59 Å². The van der Waals surface area contributed by atoms with Crippen molar-refractivity contribution in [1.29, 1.82) is 0 Å². The van der Waals surface area contributed by atoms with Gasteiger partial charge in [-0.2, -0.15) is 0 Å². The molecule has 10 heteroatoms. The maximum atomic E-state index is 13.0. The van der Waals surface area contributed by atoms with E-state index in [9.17, 15) is 24.2 Å². The van der Waals surface area contributed by atoms with Crippen molar-refractivity contribution in [3.8, 4) is 11.6 Å². The lowest BCUT2D eigenvalue weighted by Gasteiger charge is -2.33. The molecule has 2 aromatic carbocycles. The molecule has 3 N–H and O–H groups in total. The summed E-state index contributed by atoms with van der Waals surface area (Å²) in [6.07, 6.45) is -0.924. The molecule has 1 aliphatic rings. The molecule has 0 saturated carbocycles. The number of hydrogen-bond acceptors (Lipinski definition) is 7. The molecule has 2 heterocycles. The standard InChI is InChI=1S/C22H21FN4O5/c23-13-5-7-14(8-6-13)32-15-9-11-27(12-10-15)22(31)21(30)26-20(29)18-19(28)25-17-4-2-1-3-16(17)24-18/h1-8,15,21,30H,9-12H2,(H,25,28)(H,26,29)/t21-/m0/s1. The number of nitrogens with one attached hydrogen (secondary N) is 1. The average molecular weight is 440 g/mol. The van der Waals surface area contributed by atoms with Crippen LogP contribution >= 0.6 is 0 Å². The number of rotatable bonds is 5. The predicted octanol–water partition coefficient (Wildman–Crippen LogP) is 1.59. The molecule has 0 aliphatic carbocycles. The first-order valence-corrected chi connectivity index (χ1v) is 10.1. The highest BCUT2D eigenvalue weighted by Gasteiger charge is 2.30. The number of halogens is 1. The van der Waals surface area contributed by atoms with Crippen LogP contribution in [0.1, 0.15) is 23.3 Å². The summed E-state index contributed by atoms with van der Waals surface area (Å²) in [4.78, 5) is 34.4. The molecule has 1 aromatic heterocycles. The monoisotopic (exact) mass is 440 g/mol. The molecule has 32 heavy (non-hydrogen) atoms. The lowest BCUT2D eigenvalue weighted by Crippen LogP contribution is -2.51. The number of carbonyl (C=O) groups is 2. The van der Waals surface area contributed by atoms with Crippen LogP contribution in [0.4, 0.5) is 4.39 Å². The molecule has 9 nitrogen and oxygen atoms in total. The molecule has 1 saturated heterocycles. The van der Waals surface area contributed by atoms with Gasteiger partial charge in [-0.15, -0.1) is 0 Å². The van der Waals surface area contributed by atoms with Gasteiger partial charge in [-0.1, -0.05) is 12.1 Å². The molecule has 0 spiro atoms. The topological polar surface area (TPSA) is 125 Å². The van der Waals surface area contributed by atoms with Crippen molar-refractivity contribution in [3.63, 3.8) is 0 Å². The SMILES string of the molecule is O=C(N[C@@H](O)C(=O)N1CCC(Oc2ccc(F)cc2)CC1)c1nc2ccccc2nc1O. The van der Waals surface area contributed by atoms with Crippen LogP contribution < -0.4 is 10.1 Å². The maximum Gasteiger partial charge on any atom is 0.277 e. The summed E-state index contributed by atoms with van der Waals surface area (Å²) in [5.41, 5.74) is 0.408. The number of likely N-dealkylation sites (tertiary alicyclic amines) is 1. The Labute approximate surface area is 182 Å². The lowest BCUT2D eigenvalue weighted by atomic mass is 10.1. The second kappa shape index (κ2) is 9.15. The maximum absolute atomic E-state index is 13.0. The number of aromatic nitrogens is 2. The van der Waals surface area contributed by atoms with E-state index in [0.717, 1.165) is 0 Å². The number of amides is 2. The number of hydrogen-bond donors (Lipinski definition) is 3. The molecule has 0 unspecified atom stereocenters. The van der Waals surface area contributed by atoms with Crippen LogP contribution in [0.25, 0.3) is 11.0 Å². The molecule has 2 amide bonds. The molecule has 4 rings (SSSR count). The van der Waals surface area contributed by atoms with Crippen molar-refractivity contribution in [2.24, 2.45) is 0 Å². The Morgan fingerprint density at radius 1 is 1.06 bits per heavy atom. The normalized spacial score (nSPS) is 15.4. The second-order valence-electron chi connectivity index (χ2n) is 7.36. The van der Waals surface area contributed by atoms with Crippen LogP contribution in [-0.4, -0.2) is 62.3 Å². The largest absolute Gasteiger partial charge is 0.492 e. The van der Waals surface area contributed by atoms with Gasteiger partial charge in [0, 0.05) is 25.9 Å². The molecule has 0 radical (unpaired) electrons. The van der Waals surface area contributed by atoms with Crippen LogP contribution in [0, 0.1) is 5.82 Å². The predicted molar refractivity (Wildman–Crippen MR) is 111 cm³/mol. The average Bonchev–Trinajstić information content (AvgIpc) is 2.80. The van der Waals surface area contributed by atoms with Gasteiger partial charge in [0.25, 0.3) is 11.8 Å². The van der Waals surface area contributed by atoms with E-state index in [2.05, 4.69) is 15.3 Å². The van der Waals surface area contributed by atoms with E-state index in [1.54, 1.807) is 24.3 Å². The fourth-order valence-electron chi connectivity index (χ4n) is 3.47. The fourth-order valence-corrected chi connectivity index (χ4v) is 3.47. The summed E-state index contributed by atoms with van der Waals surface area (Å²) in [7, 11) is 0. The third-order valence-corrected chi connectivity index (χ3v) is 5.14. The number of piperidine rings is 1. The number of aromatic hydroxyl groups is 1. The summed E-state index contributed by atoms with van der Waals surface area (Å²) >= 11 is 0. The molecular formula is C22H21FN4O5. The molecular weight excluding hydrogens is 419 g/mol. The van der Waals surface area contributed by atoms with E-state index in [0.29, 0.717) is 42.7 Å². The number of carbonyl (C=O) groups excluding carboxylic acids is 2. The second-order valence-corrected chi connectivity index (χ2v) is 7.36. The smallest absolute Gasteiger partial charge is 0.277 e. The number of fused-ring (bicyclic) bond motifs is 1. The summed E-state index contributed by atoms with van der Waals surface area (Å²) < 4.78 is 18.8.